The van der Waals surface area contributed by atoms with Gasteiger partial charge in [-0.05, 0) is 77.0 Å². The SMILES string of the molecule is COc1ccc(C(=O)/C=C/c2cc(-c3ccsc3)ccc2N2CCN(C)CC2)c(F)c1. The Balaban J connectivity index is 1.66. The van der Waals surface area contributed by atoms with Crippen LogP contribution in [0.25, 0.3) is 17.2 Å². The topological polar surface area (TPSA) is 32.8 Å². The molecule has 1 aliphatic heterocycles. The third-order valence-electron chi connectivity index (χ3n) is 5.58. The number of allylic oxidation sites excluding steroid dienone is 1. The minimum atomic E-state index is -0.583. The van der Waals surface area contributed by atoms with E-state index in [2.05, 4.69) is 51.9 Å². The quantitative estimate of drug-likeness (QED) is 0.392. The number of piperazine rings is 1. The van der Waals surface area contributed by atoms with E-state index in [9.17, 15) is 9.18 Å². The lowest BCUT2D eigenvalue weighted by Gasteiger charge is -2.35. The molecule has 4 nitrogen and oxygen atoms in total. The Morgan fingerprint density at radius 1 is 1.06 bits per heavy atom. The zero-order chi connectivity index (χ0) is 21.8. The van der Waals surface area contributed by atoms with Crippen molar-refractivity contribution in [1.29, 1.82) is 0 Å². The van der Waals surface area contributed by atoms with Crippen LogP contribution in [0, 0.1) is 5.82 Å². The number of likely N-dealkylation sites (N-methyl/N-ethyl adjacent to an activating group) is 1. The fourth-order valence-electron chi connectivity index (χ4n) is 3.71. The lowest BCUT2D eigenvalue weighted by Crippen LogP contribution is -2.44. The second-order valence-corrected chi connectivity index (χ2v) is 8.40. The van der Waals surface area contributed by atoms with Crippen molar-refractivity contribution in [3.05, 3.63) is 76.2 Å². The highest BCUT2D eigenvalue weighted by atomic mass is 32.1. The largest absolute Gasteiger partial charge is 0.497 e. The lowest BCUT2D eigenvalue weighted by molar-refractivity contribution is 0.104. The van der Waals surface area contributed by atoms with Crippen LogP contribution in [0.5, 0.6) is 5.75 Å². The van der Waals surface area contributed by atoms with Gasteiger partial charge in [-0.1, -0.05) is 6.07 Å². The Labute approximate surface area is 186 Å². The molecule has 3 aromatic rings. The van der Waals surface area contributed by atoms with E-state index in [4.69, 9.17) is 4.74 Å². The van der Waals surface area contributed by atoms with Crippen LogP contribution < -0.4 is 9.64 Å². The van der Waals surface area contributed by atoms with E-state index in [1.807, 2.05) is 0 Å². The standard InChI is InChI=1S/C25H25FN2O2S/c1-27-10-12-28(13-11-27)24-7-3-18(20-9-14-31-17-20)15-19(24)4-8-25(29)22-6-5-21(30-2)16-23(22)26/h3-9,14-17H,10-13H2,1-2H3/b8-4+. The van der Waals surface area contributed by atoms with Crippen LogP contribution in [0.15, 0.2) is 59.3 Å². The van der Waals surface area contributed by atoms with E-state index >= 15 is 0 Å². The summed E-state index contributed by atoms with van der Waals surface area (Å²) in [7, 11) is 3.59. The van der Waals surface area contributed by atoms with Gasteiger partial charge < -0.3 is 14.5 Å². The number of hydrogen-bond donors (Lipinski definition) is 0. The molecule has 31 heavy (non-hydrogen) atoms. The van der Waals surface area contributed by atoms with E-state index in [1.54, 1.807) is 23.5 Å². The first kappa shape index (κ1) is 21.3. The predicted molar refractivity (Wildman–Crippen MR) is 126 cm³/mol. The van der Waals surface area contributed by atoms with E-state index in [1.165, 1.54) is 25.3 Å². The van der Waals surface area contributed by atoms with Gasteiger partial charge in [0.15, 0.2) is 5.78 Å². The van der Waals surface area contributed by atoms with Gasteiger partial charge in [0, 0.05) is 37.9 Å². The summed E-state index contributed by atoms with van der Waals surface area (Å²) in [5.41, 5.74) is 4.33. The number of benzene rings is 2. The summed E-state index contributed by atoms with van der Waals surface area (Å²) < 4.78 is 19.3. The Morgan fingerprint density at radius 3 is 2.55 bits per heavy atom. The second-order valence-electron chi connectivity index (χ2n) is 7.62. The normalized spacial score (nSPS) is 14.9. The van der Waals surface area contributed by atoms with Gasteiger partial charge in [-0.3, -0.25) is 4.79 Å². The summed E-state index contributed by atoms with van der Waals surface area (Å²) in [5, 5.41) is 4.16. The van der Waals surface area contributed by atoms with E-state index in [-0.39, 0.29) is 11.3 Å². The monoisotopic (exact) mass is 436 g/mol. The molecule has 0 aliphatic carbocycles. The average molecular weight is 437 g/mol. The van der Waals surface area contributed by atoms with Crippen LogP contribution in [0.1, 0.15) is 15.9 Å². The van der Waals surface area contributed by atoms with Crippen LogP contribution in [-0.4, -0.2) is 51.0 Å². The zero-order valence-electron chi connectivity index (χ0n) is 17.7. The number of hydrogen-bond acceptors (Lipinski definition) is 5. The molecule has 1 aliphatic rings. The molecule has 0 bridgehead atoms. The summed E-state index contributed by atoms with van der Waals surface area (Å²) in [4.78, 5) is 17.3. The predicted octanol–water partition coefficient (Wildman–Crippen LogP) is 5.21. The van der Waals surface area contributed by atoms with Crippen molar-refractivity contribution in [2.45, 2.75) is 0 Å². The maximum absolute atomic E-state index is 14.3. The number of thiophene rings is 1. The van der Waals surface area contributed by atoms with Crippen molar-refractivity contribution in [3.8, 4) is 16.9 Å². The van der Waals surface area contributed by atoms with Crippen LogP contribution in [0.4, 0.5) is 10.1 Å². The van der Waals surface area contributed by atoms with E-state index in [0.29, 0.717) is 5.75 Å². The van der Waals surface area contributed by atoms with E-state index < -0.39 is 5.82 Å². The number of halogens is 1. The minimum Gasteiger partial charge on any atom is -0.497 e. The molecule has 2 aromatic carbocycles. The van der Waals surface area contributed by atoms with Crippen molar-refractivity contribution >= 4 is 28.9 Å². The van der Waals surface area contributed by atoms with E-state index in [0.717, 1.165) is 48.6 Å². The van der Waals surface area contributed by atoms with Gasteiger partial charge in [-0.2, -0.15) is 11.3 Å². The van der Waals surface area contributed by atoms with Crippen LogP contribution in [-0.2, 0) is 0 Å². The number of ether oxygens (including phenoxy) is 1. The molecule has 0 amide bonds. The summed E-state index contributed by atoms with van der Waals surface area (Å²) in [6, 6.07) is 12.7. The zero-order valence-corrected chi connectivity index (χ0v) is 18.5. The molecule has 0 N–H and O–H groups in total. The number of carbonyl (C=O) groups is 1. The molecule has 2 heterocycles. The van der Waals surface area contributed by atoms with Crippen LogP contribution in [0.2, 0.25) is 0 Å². The first-order valence-electron chi connectivity index (χ1n) is 10.2. The minimum absolute atomic E-state index is 0.0344. The van der Waals surface area contributed by atoms with Gasteiger partial charge in [0.05, 0.1) is 12.7 Å². The molecule has 0 atom stereocenters. The molecule has 0 radical (unpaired) electrons. The highest BCUT2D eigenvalue weighted by Crippen LogP contribution is 2.30. The Hall–Kier alpha value is -2.96. The number of nitrogens with zero attached hydrogens (tertiary/aromatic N) is 2. The summed E-state index contributed by atoms with van der Waals surface area (Å²) >= 11 is 1.65. The van der Waals surface area contributed by atoms with Gasteiger partial charge in [0.1, 0.15) is 11.6 Å². The van der Waals surface area contributed by atoms with Crippen molar-refractivity contribution in [3.63, 3.8) is 0 Å². The Kier molecular flexibility index (Phi) is 6.49. The fourth-order valence-corrected chi connectivity index (χ4v) is 4.37. The number of carbonyl (C=O) groups excluding carboxylic acids is 1. The third kappa shape index (κ3) is 4.86. The number of rotatable bonds is 6. The van der Waals surface area contributed by atoms with Crippen molar-refractivity contribution < 1.29 is 13.9 Å². The number of anilines is 1. The average Bonchev–Trinajstić information content (AvgIpc) is 3.33. The molecule has 0 spiro atoms. The second kappa shape index (κ2) is 9.45. The number of methoxy groups -OCH3 is 1. The maximum Gasteiger partial charge on any atom is 0.188 e. The van der Waals surface area contributed by atoms with Gasteiger partial charge in [0.2, 0.25) is 0 Å². The maximum atomic E-state index is 14.3. The Morgan fingerprint density at radius 2 is 1.87 bits per heavy atom. The molecule has 0 unspecified atom stereocenters. The molecule has 4 rings (SSSR count). The molecule has 0 saturated carbocycles. The Bertz CT molecular complexity index is 1090. The third-order valence-corrected chi connectivity index (χ3v) is 6.27. The molecule has 1 saturated heterocycles. The lowest BCUT2D eigenvalue weighted by atomic mass is 10.0. The van der Waals surface area contributed by atoms with Gasteiger partial charge in [-0.25, -0.2) is 4.39 Å². The molecular weight excluding hydrogens is 411 g/mol. The summed E-state index contributed by atoms with van der Waals surface area (Å²) in [6.45, 7) is 3.84. The van der Waals surface area contributed by atoms with Crippen molar-refractivity contribution in [2.75, 3.05) is 45.2 Å². The molecule has 160 valence electrons. The molecular formula is C25H25FN2O2S. The summed E-state index contributed by atoms with van der Waals surface area (Å²) in [5.74, 6) is -0.565. The van der Waals surface area contributed by atoms with Crippen LogP contribution in [0.3, 0.4) is 0 Å². The van der Waals surface area contributed by atoms with Crippen molar-refractivity contribution in [2.24, 2.45) is 0 Å². The van der Waals surface area contributed by atoms with Gasteiger partial charge in [0.25, 0.3) is 0 Å². The van der Waals surface area contributed by atoms with Crippen molar-refractivity contribution in [1.82, 2.24) is 4.90 Å². The number of ketones is 1. The van der Waals surface area contributed by atoms with Crippen LogP contribution >= 0.6 is 11.3 Å². The fraction of sp³-hybridized carbons (Fsp3) is 0.240. The molecule has 1 fully saturated rings. The highest BCUT2D eigenvalue weighted by Gasteiger charge is 2.17. The van der Waals surface area contributed by atoms with Gasteiger partial charge >= 0.3 is 0 Å². The first-order valence-corrected chi connectivity index (χ1v) is 11.2. The molecule has 1 aromatic heterocycles. The smallest absolute Gasteiger partial charge is 0.188 e. The first-order chi connectivity index (χ1) is 15.0. The molecule has 6 heteroatoms. The summed E-state index contributed by atoms with van der Waals surface area (Å²) in [6.07, 6.45) is 3.26. The van der Waals surface area contributed by atoms with Gasteiger partial charge in [-0.15, -0.1) is 0 Å². The highest BCUT2D eigenvalue weighted by molar-refractivity contribution is 7.08.